The minimum absolute atomic E-state index is 0.0116. The van der Waals surface area contributed by atoms with Gasteiger partial charge in [-0.1, -0.05) is 0 Å². The third kappa shape index (κ3) is 4.52. The summed E-state index contributed by atoms with van der Waals surface area (Å²) in [6.45, 7) is 2.03. The Morgan fingerprint density at radius 2 is 1.90 bits per heavy atom. The number of hydrogen-bond donors (Lipinski definition) is 2. The molecule has 21 heavy (non-hydrogen) atoms. The molecule has 0 spiro atoms. The van der Waals surface area contributed by atoms with Crippen LogP contribution in [-0.2, 0) is 9.59 Å². The summed E-state index contributed by atoms with van der Waals surface area (Å²) in [6.07, 6.45) is 1.98. The minimum Gasteiger partial charge on any atom is -0.481 e. The summed E-state index contributed by atoms with van der Waals surface area (Å²) in [6, 6.07) is -0.641. The molecule has 0 radical (unpaired) electrons. The first-order valence-electron chi connectivity index (χ1n) is 7.19. The maximum Gasteiger partial charge on any atom is 0.318 e. The van der Waals surface area contributed by atoms with Crippen LogP contribution >= 0.6 is 11.8 Å². The Morgan fingerprint density at radius 1 is 1.19 bits per heavy atom. The zero-order valence-electron chi connectivity index (χ0n) is 11.9. The van der Waals surface area contributed by atoms with E-state index in [0.29, 0.717) is 12.3 Å². The molecule has 2 heterocycles. The lowest BCUT2D eigenvalue weighted by atomic mass is 10.2. The smallest absolute Gasteiger partial charge is 0.318 e. The molecule has 2 saturated heterocycles. The van der Waals surface area contributed by atoms with Crippen molar-refractivity contribution in [3.05, 3.63) is 0 Å². The van der Waals surface area contributed by atoms with Crippen molar-refractivity contribution in [1.82, 2.24) is 15.1 Å². The monoisotopic (exact) mass is 315 g/mol. The lowest BCUT2D eigenvalue weighted by Crippen LogP contribution is -2.52. The maximum atomic E-state index is 12.2. The van der Waals surface area contributed by atoms with Crippen LogP contribution in [0.15, 0.2) is 0 Å². The Balaban J connectivity index is 1.82. The van der Waals surface area contributed by atoms with Gasteiger partial charge >= 0.3 is 12.0 Å². The van der Waals surface area contributed by atoms with Gasteiger partial charge in [-0.15, -0.1) is 0 Å². The van der Waals surface area contributed by atoms with Gasteiger partial charge in [0.25, 0.3) is 0 Å². The van der Waals surface area contributed by atoms with Gasteiger partial charge in [0, 0.05) is 31.1 Å². The molecule has 7 nitrogen and oxygen atoms in total. The number of carbonyl (C=O) groups excluding carboxylic acids is 2. The van der Waals surface area contributed by atoms with E-state index >= 15 is 0 Å². The average Bonchev–Trinajstić information content (AvgIpc) is 2.98. The van der Waals surface area contributed by atoms with E-state index in [1.165, 1.54) is 0 Å². The van der Waals surface area contributed by atoms with Gasteiger partial charge in [-0.05, 0) is 12.8 Å². The summed E-state index contributed by atoms with van der Waals surface area (Å²) in [5.74, 6) is 0.444. The standard InChI is InChI=1S/C13H21N3O4S/c17-11(15-3-1-2-4-15)8-14-13(20)16-5-6-21-9-10(16)7-12(18)19/h10H,1-9H2,(H,14,20)(H,18,19). The molecule has 2 fully saturated rings. The molecule has 2 N–H and O–H groups in total. The predicted octanol–water partition coefficient (Wildman–Crippen LogP) is 0.211. The molecule has 1 unspecified atom stereocenters. The summed E-state index contributed by atoms with van der Waals surface area (Å²) >= 11 is 1.65. The highest BCUT2D eigenvalue weighted by Gasteiger charge is 2.29. The number of carboxylic acid groups (broad SMARTS) is 1. The number of carboxylic acids is 1. The zero-order chi connectivity index (χ0) is 15.2. The average molecular weight is 315 g/mol. The lowest BCUT2D eigenvalue weighted by molar-refractivity contribution is -0.138. The SMILES string of the molecule is O=C(O)CC1CSCCN1C(=O)NCC(=O)N1CCCC1. The second kappa shape index (κ2) is 7.53. The van der Waals surface area contributed by atoms with E-state index in [-0.39, 0.29) is 30.9 Å². The number of amides is 3. The first kappa shape index (κ1) is 15.9. The van der Waals surface area contributed by atoms with Crippen LogP contribution in [0.2, 0.25) is 0 Å². The predicted molar refractivity (Wildman–Crippen MR) is 79.3 cm³/mol. The molecule has 2 aliphatic heterocycles. The van der Waals surface area contributed by atoms with Crippen molar-refractivity contribution in [1.29, 1.82) is 0 Å². The Labute approximate surface area is 128 Å². The van der Waals surface area contributed by atoms with E-state index in [2.05, 4.69) is 5.32 Å². The number of thioether (sulfide) groups is 1. The van der Waals surface area contributed by atoms with Crippen LogP contribution in [0.25, 0.3) is 0 Å². The summed E-state index contributed by atoms with van der Waals surface area (Å²) in [5, 5.41) is 11.5. The highest BCUT2D eigenvalue weighted by atomic mass is 32.2. The van der Waals surface area contributed by atoms with Crippen molar-refractivity contribution in [2.75, 3.05) is 37.7 Å². The fourth-order valence-electron chi connectivity index (χ4n) is 2.62. The normalized spacial score (nSPS) is 22.2. The number of likely N-dealkylation sites (tertiary alicyclic amines) is 1. The topological polar surface area (TPSA) is 90.0 Å². The zero-order valence-corrected chi connectivity index (χ0v) is 12.7. The second-order valence-electron chi connectivity index (χ2n) is 5.27. The van der Waals surface area contributed by atoms with Crippen LogP contribution in [0.5, 0.6) is 0 Å². The first-order valence-corrected chi connectivity index (χ1v) is 8.35. The fraction of sp³-hybridized carbons (Fsp3) is 0.769. The lowest BCUT2D eigenvalue weighted by Gasteiger charge is -2.34. The van der Waals surface area contributed by atoms with E-state index in [0.717, 1.165) is 31.7 Å². The van der Waals surface area contributed by atoms with Crippen molar-refractivity contribution >= 4 is 29.7 Å². The summed E-state index contributed by atoms with van der Waals surface area (Å²) in [7, 11) is 0. The summed E-state index contributed by atoms with van der Waals surface area (Å²) in [5.41, 5.74) is 0. The van der Waals surface area contributed by atoms with Crippen LogP contribution < -0.4 is 5.32 Å². The molecule has 2 rings (SSSR count). The van der Waals surface area contributed by atoms with Crippen LogP contribution in [0.1, 0.15) is 19.3 Å². The Morgan fingerprint density at radius 3 is 2.57 bits per heavy atom. The molecule has 0 bridgehead atoms. The Hall–Kier alpha value is -1.44. The van der Waals surface area contributed by atoms with Crippen LogP contribution in [0.3, 0.4) is 0 Å². The van der Waals surface area contributed by atoms with E-state index in [1.54, 1.807) is 21.6 Å². The highest BCUT2D eigenvalue weighted by molar-refractivity contribution is 7.99. The molecule has 0 aliphatic carbocycles. The molecular weight excluding hydrogens is 294 g/mol. The van der Waals surface area contributed by atoms with Gasteiger partial charge in [0.1, 0.15) is 0 Å². The number of nitrogens with one attached hydrogen (secondary N) is 1. The van der Waals surface area contributed by atoms with Crippen molar-refractivity contribution < 1.29 is 19.5 Å². The van der Waals surface area contributed by atoms with Gasteiger partial charge in [-0.2, -0.15) is 11.8 Å². The molecule has 1 atom stereocenters. The van der Waals surface area contributed by atoms with E-state index in [1.807, 2.05) is 0 Å². The minimum atomic E-state index is -0.909. The van der Waals surface area contributed by atoms with Gasteiger partial charge in [-0.25, -0.2) is 4.79 Å². The molecule has 0 saturated carbocycles. The molecular formula is C13H21N3O4S. The number of hydrogen-bond acceptors (Lipinski definition) is 4. The van der Waals surface area contributed by atoms with Gasteiger partial charge in [-0.3, -0.25) is 9.59 Å². The molecule has 8 heteroatoms. The van der Waals surface area contributed by atoms with Crippen molar-refractivity contribution in [3.8, 4) is 0 Å². The largest absolute Gasteiger partial charge is 0.481 e. The molecule has 0 aromatic rings. The third-order valence-corrected chi connectivity index (χ3v) is 4.84. The number of aliphatic carboxylic acids is 1. The molecule has 3 amide bonds. The van der Waals surface area contributed by atoms with Crippen molar-refractivity contribution in [3.63, 3.8) is 0 Å². The molecule has 118 valence electrons. The van der Waals surface area contributed by atoms with Crippen molar-refractivity contribution in [2.24, 2.45) is 0 Å². The van der Waals surface area contributed by atoms with Crippen LogP contribution in [0, 0.1) is 0 Å². The first-order chi connectivity index (χ1) is 10.1. The number of urea groups is 1. The van der Waals surface area contributed by atoms with Gasteiger partial charge in [0.15, 0.2) is 0 Å². The quantitative estimate of drug-likeness (QED) is 0.774. The van der Waals surface area contributed by atoms with E-state index in [9.17, 15) is 14.4 Å². The number of carbonyl (C=O) groups is 3. The van der Waals surface area contributed by atoms with Gasteiger partial charge in [0.05, 0.1) is 19.0 Å². The van der Waals surface area contributed by atoms with Crippen molar-refractivity contribution in [2.45, 2.75) is 25.3 Å². The molecule has 0 aromatic heterocycles. The third-order valence-electron chi connectivity index (χ3n) is 3.75. The summed E-state index contributed by atoms with van der Waals surface area (Å²) < 4.78 is 0. The molecule has 0 aromatic carbocycles. The van der Waals surface area contributed by atoms with E-state index < -0.39 is 5.97 Å². The van der Waals surface area contributed by atoms with Crippen LogP contribution in [-0.4, -0.2) is 76.5 Å². The number of rotatable bonds is 4. The second-order valence-corrected chi connectivity index (χ2v) is 6.42. The van der Waals surface area contributed by atoms with Gasteiger partial charge in [0.2, 0.25) is 5.91 Å². The summed E-state index contributed by atoms with van der Waals surface area (Å²) in [4.78, 5) is 38.2. The highest BCUT2D eigenvalue weighted by Crippen LogP contribution is 2.19. The number of nitrogens with zero attached hydrogens (tertiary/aromatic N) is 2. The van der Waals surface area contributed by atoms with Gasteiger partial charge < -0.3 is 20.2 Å². The fourth-order valence-corrected chi connectivity index (χ4v) is 3.69. The Kier molecular flexibility index (Phi) is 5.72. The molecule has 2 aliphatic rings. The van der Waals surface area contributed by atoms with Crippen LogP contribution in [0.4, 0.5) is 4.79 Å². The maximum absolute atomic E-state index is 12.2. The van der Waals surface area contributed by atoms with E-state index in [4.69, 9.17) is 5.11 Å². The Bertz CT molecular complexity index is 412.